The molecular formula is C15H21ClN4O. The van der Waals surface area contributed by atoms with Crippen LogP contribution in [0.15, 0.2) is 12.1 Å². The zero-order chi connectivity index (χ0) is 14.7. The number of nitrogens with zero attached hydrogens (tertiary/aromatic N) is 4. The van der Waals surface area contributed by atoms with E-state index in [4.69, 9.17) is 16.3 Å². The topological polar surface area (TPSA) is 43.2 Å². The lowest BCUT2D eigenvalue weighted by molar-refractivity contribution is 0.325. The first-order valence-electron chi connectivity index (χ1n) is 7.50. The molecule has 0 radical (unpaired) electrons. The Balaban J connectivity index is 1.77. The normalized spacial score (nSPS) is 15.9. The number of fused-ring (bicyclic) bond motifs is 1. The third kappa shape index (κ3) is 3.14. The van der Waals surface area contributed by atoms with E-state index in [1.807, 2.05) is 12.1 Å². The molecular weight excluding hydrogens is 288 g/mol. The molecule has 3 rings (SSSR count). The Bertz CT molecular complexity index is 607. The number of alkyl halides is 1. The summed E-state index contributed by atoms with van der Waals surface area (Å²) < 4.78 is 7.34. The van der Waals surface area contributed by atoms with Gasteiger partial charge in [0.15, 0.2) is 5.65 Å². The Morgan fingerprint density at radius 1 is 1.19 bits per heavy atom. The molecule has 0 unspecified atom stereocenters. The fraction of sp³-hybridized carbons (Fsp3) is 0.600. The highest BCUT2D eigenvalue weighted by molar-refractivity contribution is 6.16. The van der Waals surface area contributed by atoms with Gasteiger partial charge in [0.05, 0.1) is 13.0 Å². The van der Waals surface area contributed by atoms with Crippen LogP contribution in [0.1, 0.15) is 25.1 Å². The van der Waals surface area contributed by atoms with E-state index in [-0.39, 0.29) is 0 Å². The molecule has 21 heavy (non-hydrogen) atoms. The summed E-state index contributed by atoms with van der Waals surface area (Å²) in [4.78, 5) is 11.6. The number of pyridine rings is 1. The van der Waals surface area contributed by atoms with E-state index in [0.717, 1.165) is 36.5 Å². The van der Waals surface area contributed by atoms with Crippen LogP contribution < -0.4 is 4.74 Å². The summed E-state index contributed by atoms with van der Waals surface area (Å²) in [5.74, 6) is 1.90. The number of ether oxygens (including phenoxy) is 1. The highest BCUT2D eigenvalue weighted by Crippen LogP contribution is 2.20. The molecule has 0 N–H and O–H groups in total. The van der Waals surface area contributed by atoms with Crippen molar-refractivity contribution in [1.82, 2.24) is 19.4 Å². The van der Waals surface area contributed by atoms with E-state index in [1.165, 1.54) is 25.9 Å². The van der Waals surface area contributed by atoms with Gasteiger partial charge in [-0.1, -0.05) is 0 Å². The maximum absolute atomic E-state index is 6.03. The summed E-state index contributed by atoms with van der Waals surface area (Å²) in [6.07, 6.45) is 3.76. The van der Waals surface area contributed by atoms with Crippen LogP contribution in [0.2, 0.25) is 0 Å². The van der Waals surface area contributed by atoms with Crippen LogP contribution in [0.5, 0.6) is 5.88 Å². The van der Waals surface area contributed by atoms with Crippen molar-refractivity contribution in [3.8, 4) is 5.88 Å². The summed E-state index contributed by atoms with van der Waals surface area (Å²) in [6.45, 7) is 4.50. The number of imidazole rings is 1. The molecule has 2 aromatic heterocycles. The predicted octanol–water partition coefficient (Wildman–Crippen LogP) is 2.66. The largest absolute Gasteiger partial charge is 0.481 e. The monoisotopic (exact) mass is 308 g/mol. The summed E-state index contributed by atoms with van der Waals surface area (Å²) >= 11 is 6.03. The Morgan fingerprint density at radius 3 is 2.71 bits per heavy atom. The minimum Gasteiger partial charge on any atom is -0.481 e. The van der Waals surface area contributed by atoms with Crippen LogP contribution in [0.3, 0.4) is 0 Å². The lowest BCUT2D eigenvalue weighted by Crippen LogP contribution is -2.21. The van der Waals surface area contributed by atoms with Gasteiger partial charge in [0.2, 0.25) is 5.88 Å². The zero-order valence-electron chi connectivity index (χ0n) is 12.4. The van der Waals surface area contributed by atoms with Crippen LogP contribution in [0.25, 0.3) is 11.2 Å². The SMILES string of the molecule is COc1ccc2nc(CCl)n(CCCN3CCCC3)c2n1. The number of aromatic nitrogens is 3. The smallest absolute Gasteiger partial charge is 0.215 e. The molecule has 114 valence electrons. The van der Waals surface area contributed by atoms with Crippen molar-refractivity contribution in [2.75, 3.05) is 26.7 Å². The number of likely N-dealkylation sites (tertiary alicyclic amines) is 1. The third-order valence-corrected chi connectivity index (χ3v) is 4.27. The Hall–Kier alpha value is -1.33. The second-order valence-corrected chi connectivity index (χ2v) is 5.68. The van der Waals surface area contributed by atoms with Gasteiger partial charge < -0.3 is 14.2 Å². The first-order chi connectivity index (χ1) is 10.3. The van der Waals surface area contributed by atoms with Gasteiger partial charge >= 0.3 is 0 Å². The summed E-state index contributed by atoms with van der Waals surface area (Å²) in [5, 5.41) is 0. The van der Waals surface area contributed by atoms with Crippen LogP contribution in [-0.2, 0) is 12.4 Å². The lowest BCUT2D eigenvalue weighted by Gasteiger charge is -2.15. The molecule has 0 aliphatic carbocycles. The number of methoxy groups -OCH3 is 1. The first kappa shape index (κ1) is 14.6. The number of aryl methyl sites for hydroxylation is 1. The Kier molecular flexibility index (Phi) is 4.60. The van der Waals surface area contributed by atoms with E-state index in [1.54, 1.807) is 7.11 Å². The van der Waals surface area contributed by atoms with Crippen LogP contribution in [0, 0.1) is 0 Å². The minimum absolute atomic E-state index is 0.405. The highest BCUT2D eigenvalue weighted by atomic mass is 35.5. The van der Waals surface area contributed by atoms with Crippen molar-refractivity contribution < 1.29 is 4.74 Å². The molecule has 0 bridgehead atoms. The van der Waals surface area contributed by atoms with E-state index in [9.17, 15) is 0 Å². The predicted molar refractivity (Wildman–Crippen MR) is 83.9 cm³/mol. The molecule has 0 aromatic carbocycles. The second-order valence-electron chi connectivity index (χ2n) is 5.41. The quantitative estimate of drug-likeness (QED) is 0.770. The molecule has 2 aromatic rings. The van der Waals surface area contributed by atoms with E-state index < -0.39 is 0 Å². The van der Waals surface area contributed by atoms with Crippen LogP contribution in [0.4, 0.5) is 0 Å². The van der Waals surface area contributed by atoms with Crippen molar-refractivity contribution in [2.45, 2.75) is 31.7 Å². The number of hydrogen-bond donors (Lipinski definition) is 0. The molecule has 0 atom stereocenters. The first-order valence-corrected chi connectivity index (χ1v) is 8.03. The molecule has 0 spiro atoms. The Labute approximate surface area is 129 Å². The van der Waals surface area contributed by atoms with Crippen LogP contribution in [-0.4, -0.2) is 46.2 Å². The maximum atomic E-state index is 6.03. The van der Waals surface area contributed by atoms with Gasteiger partial charge in [0.25, 0.3) is 0 Å². The van der Waals surface area contributed by atoms with Gasteiger partial charge in [-0.25, -0.2) is 4.98 Å². The maximum Gasteiger partial charge on any atom is 0.215 e. The number of rotatable bonds is 6. The van der Waals surface area contributed by atoms with Gasteiger partial charge in [0.1, 0.15) is 11.3 Å². The fourth-order valence-electron chi connectivity index (χ4n) is 2.94. The van der Waals surface area contributed by atoms with Crippen molar-refractivity contribution in [2.24, 2.45) is 0 Å². The molecule has 0 amide bonds. The average molecular weight is 309 g/mol. The Morgan fingerprint density at radius 2 is 2.00 bits per heavy atom. The van der Waals surface area contributed by atoms with Crippen LogP contribution >= 0.6 is 11.6 Å². The van der Waals surface area contributed by atoms with E-state index in [0.29, 0.717) is 11.8 Å². The summed E-state index contributed by atoms with van der Waals surface area (Å²) in [5.41, 5.74) is 1.75. The van der Waals surface area contributed by atoms with Gasteiger partial charge in [-0.3, -0.25) is 0 Å². The highest BCUT2D eigenvalue weighted by Gasteiger charge is 2.14. The zero-order valence-corrected chi connectivity index (χ0v) is 13.1. The molecule has 5 nitrogen and oxygen atoms in total. The molecule has 0 saturated carbocycles. The van der Waals surface area contributed by atoms with Gasteiger partial charge in [-0.2, -0.15) is 4.98 Å². The molecule has 1 saturated heterocycles. The van der Waals surface area contributed by atoms with E-state index in [2.05, 4.69) is 19.4 Å². The minimum atomic E-state index is 0.405. The van der Waals surface area contributed by atoms with Crippen molar-refractivity contribution in [3.63, 3.8) is 0 Å². The number of hydrogen-bond acceptors (Lipinski definition) is 4. The molecule has 1 aliphatic rings. The summed E-state index contributed by atoms with van der Waals surface area (Å²) in [6, 6.07) is 3.77. The summed E-state index contributed by atoms with van der Waals surface area (Å²) in [7, 11) is 1.63. The van der Waals surface area contributed by atoms with E-state index >= 15 is 0 Å². The standard InChI is InChI=1S/C15H21ClN4O/c1-21-14-6-5-12-15(18-14)20(13(11-16)17-12)10-4-9-19-7-2-3-8-19/h5-6H,2-4,7-11H2,1H3. The van der Waals surface area contributed by atoms with Gasteiger partial charge in [0, 0.05) is 12.6 Å². The van der Waals surface area contributed by atoms with Crippen molar-refractivity contribution >= 4 is 22.8 Å². The van der Waals surface area contributed by atoms with Gasteiger partial charge in [-0.05, 0) is 45.0 Å². The van der Waals surface area contributed by atoms with Crippen molar-refractivity contribution in [3.05, 3.63) is 18.0 Å². The fourth-order valence-corrected chi connectivity index (χ4v) is 3.14. The third-order valence-electron chi connectivity index (χ3n) is 4.03. The number of halogens is 1. The van der Waals surface area contributed by atoms with Crippen molar-refractivity contribution in [1.29, 1.82) is 0 Å². The molecule has 1 aliphatic heterocycles. The lowest BCUT2D eigenvalue weighted by atomic mass is 10.3. The molecule has 6 heteroatoms. The second kappa shape index (κ2) is 6.62. The average Bonchev–Trinajstić information content (AvgIpc) is 3.14. The van der Waals surface area contributed by atoms with Gasteiger partial charge in [-0.15, -0.1) is 11.6 Å². The molecule has 3 heterocycles. The molecule has 1 fully saturated rings.